The summed E-state index contributed by atoms with van der Waals surface area (Å²) in [6.45, 7) is 1.99. The van der Waals surface area contributed by atoms with Crippen molar-refractivity contribution in [1.82, 2.24) is 10.2 Å². The van der Waals surface area contributed by atoms with E-state index in [0.717, 1.165) is 44.5 Å². The third kappa shape index (κ3) is 5.01. The maximum Gasteiger partial charge on any atom is 0.319 e. The van der Waals surface area contributed by atoms with Crippen LogP contribution in [0.25, 0.3) is 0 Å². The van der Waals surface area contributed by atoms with Crippen LogP contribution >= 0.6 is 0 Å². The van der Waals surface area contributed by atoms with Gasteiger partial charge in [-0.25, -0.2) is 4.79 Å². The Morgan fingerprint density at radius 1 is 1.16 bits per heavy atom. The van der Waals surface area contributed by atoms with E-state index in [1.807, 2.05) is 18.2 Å². The Kier molecular flexibility index (Phi) is 6.02. The standard InChI is InChI=1S/C19H29N3O3/c1-22-11-5-6-15(13-22)21-19(23)20-14-9-10-17(24-2)18(12-14)25-16-7-3-4-8-16/h9-10,12,15-16H,3-8,11,13H2,1-2H3,(H2,20,21,23)/t15-/m1/s1. The van der Waals surface area contributed by atoms with Gasteiger partial charge in [0.05, 0.1) is 13.2 Å². The average molecular weight is 347 g/mol. The molecule has 1 saturated heterocycles. The number of hydrogen-bond acceptors (Lipinski definition) is 4. The summed E-state index contributed by atoms with van der Waals surface area (Å²) in [5.41, 5.74) is 0.718. The highest BCUT2D eigenvalue weighted by atomic mass is 16.5. The number of amides is 2. The van der Waals surface area contributed by atoms with Crippen LogP contribution in [0.2, 0.25) is 0 Å². The molecule has 0 aromatic heterocycles. The molecule has 0 bridgehead atoms. The fourth-order valence-corrected chi connectivity index (χ4v) is 3.67. The van der Waals surface area contributed by atoms with Crippen molar-refractivity contribution in [3.05, 3.63) is 18.2 Å². The van der Waals surface area contributed by atoms with Crippen LogP contribution in [0.5, 0.6) is 11.5 Å². The lowest BCUT2D eigenvalue weighted by atomic mass is 10.1. The Balaban J connectivity index is 1.60. The first-order valence-corrected chi connectivity index (χ1v) is 9.25. The van der Waals surface area contributed by atoms with Crippen LogP contribution in [0.4, 0.5) is 10.5 Å². The van der Waals surface area contributed by atoms with Gasteiger partial charge in [0, 0.05) is 24.3 Å². The second-order valence-electron chi connectivity index (χ2n) is 7.09. The molecule has 138 valence electrons. The largest absolute Gasteiger partial charge is 0.493 e. The molecule has 0 unspecified atom stereocenters. The zero-order chi connectivity index (χ0) is 17.6. The number of hydrogen-bond donors (Lipinski definition) is 2. The van der Waals surface area contributed by atoms with E-state index < -0.39 is 0 Å². The number of carbonyl (C=O) groups excluding carboxylic acids is 1. The Labute approximate surface area is 149 Å². The molecule has 1 aromatic carbocycles. The fraction of sp³-hybridized carbons (Fsp3) is 0.632. The molecule has 1 heterocycles. The van der Waals surface area contributed by atoms with Crippen molar-refractivity contribution < 1.29 is 14.3 Å². The van der Waals surface area contributed by atoms with Crippen LogP contribution in [-0.2, 0) is 0 Å². The summed E-state index contributed by atoms with van der Waals surface area (Å²) in [6.07, 6.45) is 6.97. The van der Waals surface area contributed by atoms with E-state index in [-0.39, 0.29) is 18.2 Å². The lowest BCUT2D eigenvalue weighted by Gasteiger charge is -2.30. The number of ether oxygens (including phenoxy) is 2. The van der Waals surface area contributed by atoms with Crippen molar-refractivity contribution >= 4 is 11.7 Å². The molecule has 0 spiro atoms. The van der Waals surface area contributed by atoms with E-state index in [1.165, 1.54) is 12.8 Å². The number of carbonyl (C=O) groups is 1. The Morgan fingerprint density at radius 3 is 2.68 bits per heavy atom. The number of urea groups is 1. The lowest BCUT2D eigenvalue weighted by molar-refractivity contribution is 0.201. The first-order valence-electron chi connectivity index (χ1n) is 9.25. The van der Waals surface area contributed by atoms with Crippen LogP contribution < -0.4 is 20.1 Å². The van der Waals surface area contributed by atoms with Crippen LogP contribution in [0.3, 0.4) is 0 Å². The first-order chi connectivity index (χ1) is 12.1. The summed E-state index contributed by atoms with van der Waals surface area (Å²) in [5.74, 6) is 1.40. The summed E-state index contributed by atoms with van der Waals surface area (Å²) in [5, 5.41) is 5.97. The molecule has 25 heavy (non-hydrogen) atoms. The van der Waals surface area contributed by atoms with Crippen molar-refractivity contribution in [2.75, 3.05) is 32.6 Å². The van der Waals surface area contributed by atoms with Crippen LogP contribution in [0.1, 0.15) is 38.5 Å². The van der Waals surface area contributed by atoms with E-state index in [2.05, 4.69) is 22.6 Å². The van der Waals surface area contributed by atoms with Gasteiger partial charge in [-0.05, 0) is 64.3 Å². The smallest absolute Gasteiger partial charge is 0.319 e. The van der Waals surface area contributed by atoms with Gasteiger partial charge in [-0.1, -0.05) is 0 Å². The number of benzene rings is 1. The van der Waals surface area contributed by atoms with E-state index in [4.69, 9.17) is 9.47 Å². The summed E-state index contributed by atoms with van der Waals surface area (Å²) < 4.78 is 11.5. The Morgan fingerprint density at radius 2 is 1.96 bits per heavy atom. The molecular formula is C19H29N3O3. The van der Waals surface area contributed by atoms with Gasteiger partial charge in [-0.15, -0.1) is 0 Å². The molecule has 3 rings (SSSR count). The van der Waals surface area contributed by atoms with E-state index in [9.17, 15) is 4.79 Å². The molecule has 2 aliphatic rings. The molecule has 1 atom stereocenters. The summed E-state index contributed by atoms with van der Waals surface area (Å²) >= 11 is 0. The SMILES string of the molecule is COc1ccc(NC(=O)N[C@@H]2CCCN(C)C2)cc1OC1CCCC1. The molecule has 2 amide bonds. The molecule has 2 N–H and O–H groups in total. The highest BCUT2D eigenvalue weighted by molar-refractivity contribution is 5.89. The molecule has 6 heteroatoms. The lowest BCUT2D eigenvalue weighted by Crippen LogP contribution is -2.47. The molecule has 0 radical (unpaired) electrons. The summed E-state index contributed by atoms with van der Waals surface area (Å²) in [7, 11) is 3.72. The zero-order valence-electron chi connectivity index (χ0n) is 15.2. The van der Waals surface area contributed by atoms with Gasteiger partial charge in [-0.3, -0.25) is 0 Å². The normalized spacial score (nSPS) is 21.8. The number of methoxy groups -OCH3 is 1. The number of nitrogens with one attached hydrogen (secondary N) is 2. The highest BCUT2D eigenvalue weighted by Gasteiger charge is 2.20. The Hall–Kier alpha value is -1.95. The quantitative estimate of drug-likeness (QED) is 0.858. The number of likely N-dealkylation sites (N-methyl/N-ethyl adjacent to an activating group) is 1. The van der Waals surface area contributed by atoms with Gasteiger partial charge in [0.1, 0.15) is 0 Å². The number of piperidine rings is 1. The average Bonchev–Trinajstić information content (AvgIpc) is 3.08. The summed E-state index contributed by atoms with van der Waals surface area (Å²) in [4.78, 5) is 14.5. The van der Waals surface area contributed by atoms with Gasteiger partial charge in [-0.2, -0.15) is 0 Å². The zero-order valence-corrected chi connectivity index (χ0v) is 15.2. The van der Waals surface area contributed by atoms with Crippen LogP contribution in [0.15, 0.2) is 18.2 Å². The van der Waals surface area contributed by atoms with Gasteiger partial charge in [0.15, 0.2) is 11.5 Å². The van der Waals surface area contributed by atoms with Crippen molar-refractivity contribution in [2.24, 2.45) is 0 Å². The van der Waals surface area contributed by atoms with Crippen molar-refractivity contribution in [3.63, 3.8) is 0 Å². The van der Waals surface area contributed by atoms with Gasteiger partial charge >= 0.3 is 6.03 Å². The number of nitrogens with zero attached hydrogens (tertiary/aromatic N) is 1. The molecule has 1 aliphatic carbocycles. The van der Waals surface area contributed by atoms with E-state index >= 15 is 0 Å². The highest BCUT2D eigenvalue weighted by Crippen LogP contribution is 2.33. The monoisotopic (exact) mass is 347 g/mol. The van der Waals surface area contributed by atoms with Crippen molar-refractivity contribution in [1.29, 1.82) is 0 Å². The maximum atomic E-state index is 12.3. The third-order valence-corrected chi connectivity index (χ3v) is 4.98. The minimum atomic E-state index is -0.169. The number of anilines is 1. The Bertz CT molecular complexity index is 587. The van der Waals surface area contributed by atoms with Crippen LogP contribution in [0, 0.1) is 0 Å². The first kappa shape index (κ1) is 17.9. The second-order valence-corrected chi connectivity index (χ2v) is 7.09. The van der Waals surface area contributed by atoms with E-state index in [1.54, 1.807) is 7.11 Å². The molecule has 1 aromatic rings. The predicted molar refractivity (Wildman–Crippen MR) is 98.6 cm³/mol. The molecule has 6 nitrogen and oxygen atoms in total. The third-order valence-electron chi connectivity index (χ3n) is 4.98. The molecule has 2 fully saturated rings. The predicted octanol–water partition coefficient (Wildman–Crippen LogP) is 3.23. The second kappa shape index (κ2) is 8.43. The van der Waals surface area contributed by atoms with Crippen LogP contribution in [-0.4, -0.2) is 50.3 Å². The number of likely N-dealkylation sites (tertiary alicyclic amines) is 1. The van der Waals surface area contributed by atoms with Gasteiger partial charge in [0.2, 0.25) is 0 Å². The maximum absolute atomic E-state index is 12.3. The topological polar surface area (TPSA) is 62.8 Å². The molecule has 1 aliphatic heterocycles. The fourth-order valence-electron chi connectivity index (χ4n) is 3.67. The minimum Gasteiger partial charge on any atom is -0.493 e. The number of rotatable bonds is 5. The van der Waals surface area contributed by atoms with Gasteiger partial charge in [0.25, 0.3) is 0 Å². The minimum absolute atomic E-state index is 0.169. The van der Waals surface area contributed by atoms with Gasteiger partial charge < -0.3 is 25.0 Å². The van der Waals surface area contributed by atoms with Crippen molar-refractivity contribution in [2.45, 2.75) is 50.7 Å². The summed E-state index contributed by atoms with van der Waals surface area (Å²) in [6, 6.07) is 5.56. The van der Waals surface area contributed by atoms with E-state index in [0.29, 0.717) is 11.5 Å². The molecule has 1 saturated carbocycles. The molecular weight excluding hydrogens is 318 g/mol. The van der Waals surface area contributed by atoms with Crippen molar-refractivity contribution in [3.8, 4) is 11.5 Å².